The summed E-state index contributed by atoms with van der Waals surface area (Å²) in [4.78, 5) is 4.23. The summed E-state index contributed by atoms with van der Waals surface area (Å²) in [5.74, 6) is 0.987. The molecule has 1 aromatic heterocycles. The van der Waals surface area contributed by atoms with Crippen molar-refractivity contribution in [1.29, 1.82) is 0 Å². The number of hydrogen-bond donors (Lipinski definition) is 1. The Labute approximate surface area is 119 Å². The zero-order valence-electron chi connectivity index (χ0n) is 11.2. The summed E-state index contributed by atoms with van der Waals surface area (Å²) in [5, 5.41) is 3.45. The van der Waals surface area contributed by atoms with Crippen LogP contribution in [0.2, 0.25) is 0 Å². The van der Waals surface area contributed by atoms with Crippen molar-refractivity contribution >= 4 is 15.9 Å². The van der Waals surface area contributed by atoms with Crippen molar-refractivity contribution in [2.75, 3.05) is 7.05 Å². The largest absolute Gasteiger partial charge is 0.317 e. The highest BCUT2D eigenvalue weighted by molar-refractivity contribution is 9.10. The number of halogens is 1. The van der Waals surface area contributed by atoms with E-state index in [1.807, 2.05) is 12.4 Å². The summed E-state index contributed by atoms with van der Waals surface area (Å²) >= 11 is 3.48. The Hall–Kier alpha value is -0.410. The number of pyridine rings is 1. The van der Waals surface area contributed by atoms with Crippen LogP contribution in [0, 0.1) is 5.92 Å². The molecule has 1 fully saturated rings. The summed E-state index contributed by atoms with van der Waals surface area (Å²) < 4.78 is 1.07. The molecule has 1 aromatic rings. The molecule has 0 bridgehead atoms. The molecule has 3 heteroatoms. The van der Waals surface area contributed by atoms with Crippen LogP contribution < -0.4 is 5.32 Å². The van der Waals surface area contributed by atoms with Crippen LogP contribution in [-0.2, 0) is 6.42 Å². The van der Waals surface area contributed by atoms with Gasteiger partial charge in [0.15, 0.2) is 0 Å². The molecule has 18 heavy (non-hydrogen) atoms. The molecule has 1 saturated carbocycles. The van der Waals surface area contributed by atoms with Gasteiger partial charge in [-0.2, -0.15) is 0 Å². The maximum absolute atomic E-state index is 4.23. The van der Waals surface area contributed by atoms with Crippen LogP contribution in [-0.4, -0.2) is 18.1 Å². The zero-order valence-corrected chi connectivity index (χ0v) is 12.7. The minimum absolute atomic E-state index is 0.585. The Bertz CT molecular complexity index is 361. The molecule has 0 amide bonds. The van der Waals surface area contributed by atoms with Crippen LogP contribution >= 0.6 is 15.9 Å². The van der Waals surface area contributed by atoms with E-state index >= 15 is 0 Å². The van der Waals surface area contributed by atoms with E-state index in [-0.39, 0.29) is 0 Å². The van der Waals surface area contributed by atoms with Gasteiger partial charge in [0.25, 0.3) is 0 Å². The molecular formula is C15H23BrN2. The van der Waals surface area contributed by atoms with Gasteiger partial charge in [0, 0.05) is 22.9 Å². The van der Waals surface area contributed by atoms with Crippen molar-refractivity contribution in [2.45, 2.75) is 51.0 Å². The molecule has 1 unspecified atom stereocenters. The van der Waals surface area contributed by atoms with Gasteiger partial charge >= 0.3 is 0 Å². The maximum atomic E-state index is 4.23. The summed E-state index contributed by atoms with van der Waals surface area (Å²) in [5.41, 5.74) is 1.31. The number of aromatic nitrogens is 1. The molecule has 1 heterocycles. The predicted molar refractivity (Wildman–Crippen MR) is 79.7 cm³/mol. The van der Waals surface area contributed by atoms with Crippen molar-refractivity contribution in [3.05, 3.63) is 28.5 Å². The van der Waals surface area contributed by atoms with E-state index in [0.29, 0.717) is 6.04 Å². The SMILES string of the molecule is CNC(CCC1CCCC1)Cc1cncc(Br)c1. The summed E-state index contributed by atoms with van der Waals surface area (Å²) in [7, 11) is 2.07. The third-order valence-electron chi connectivity index (χ3n) is 4.05. The predicted octanol–water partition coefficient (Wildman–Crippen LogP) is 3.95. The van der Waals surface area contributed by atoms with E-state index in [1.54, 1.807) is 0 Å². The smallest absolute Gasteiger partial charge is 0.0410 e. The van der Waals surface area contributed by atoms with Gasteiger partial charge in [0.05, 0.1) is 0 Å². The summed E-state index contributed by atoms with van der Waals surface area (Å²) in [6.07, 6.45) is 13.4. The number of likely N-dealkylation sites (N-methyl/N-ethyl adjacent to an activating group) is 1. The first-order valence-corrected chi connectivity index (χ1v) is 7.84. The van der Waals surface area contributed by atoms with Gasteiger partial charge in [-0.1, -0.05) is 25.7 Å². The average molecular weight is 311 g/mol. The minimum Gasteiger partial charge on any atom is -0.317 e. The average Bonchev–Trinajstić information content (AvgIpc) is 2.87. The van der Waals surface area contributed by atoms with Gasteiger partial charge in [-0.3, -0.25) is 4.98 Å². The van der Waals surface area contributed by atoms with Crippen LogP contribution in [0.5, 0.6) is 0 Å². The molecule has 2 rings (SSSR count). The number of hydrogen-bond acceptors (Lipinski definition) is 2. The Kier molecular flexibility index (Phi) is 5.64. The van der Waals surface area contributed by atoms with Gasteiger partial charge < -0.3 is 5.32 Å². The van der Waals surface area contributed by atoms with Crippen molar-refractivity contribution in [1.82, 2.24) is 10.3 Å². The molecule has 0 aliphatic heterocycles. The molecule has 1 aliphatic carbocycles. The van der Waals surface area contributed by atoms with E-state index in [1.165, 1.54) is 44.1 Å². The van der Waals surface area contributed by atoms with Crippen LogP contribution in [0.4, 0.5) is 0 Å². The Balaban J connectivity index is 1.81. The second-order valence-corrected chi connectivity index (χ2v) is 6.34. The van der Waals surface area contributed by atoms with Crippen LogP contribution in [0.3, 0.4) is 0 Å². The molecule has 0 aromatic carbocycles. The monoisotopic (exact) mass is 310 g/mol. The van der Waals surface area contributed by atoms with Crippen LogP contribution in [0.15, 0.2) is 22.9 Å². The first kappa shape index (κ1) is 14.0. The summed E-state index contributed by atoms with van der Waals surface area (Å²) in [6.45, 7) is 0. The molecule has 1 atom stereocenters. The molecule has 0 saturated heterocycles. The van der Waals surface area contributed by atoms with E-state index in [4.69, 9.17) is 0 Å². The third-order valence-corrected chi connectivity index (χ3v) is 4.48. The van der Waals surface area contributed by atoms with Crippen LogP contribution in [0.1, 0.15) is 44.1 Å². The fourth-order valence-electron chi connectivity index (χ4n) is 2.94. The first-order valence-electron chi connectivity index (χ1n) is 7.04. The molecule has 1 aliphatic rings. The molecule has 0 radical (unpaired) electrons. The molecular weight excluding hydrogens is 288 g/mol. The number of nitrogens with zero attached hydrogens (tertiary/aromatic N) is 1. The minimum atomic E-state index is 0.585. The second kappa shape index (κ2) is 7.25. The lowest BCUT2D eigenvalue weighted by molar-refractivity contribution is 0.418. The van der Waals surface area contributed by atoms with E-state index in [9.17, 15) is 0 Å². The van der Waals surface area contributed by atoms with E-state index in [0.717, 1.165) is 16.8 Å². The lowest BCUT2D eigenvalue weighted by Gasteiger charge is -2.18. The molecule has 1 N–H and O–H groups in total. The zero-order chi connectivity index (χ0) is 12.8. The fourth-order valence-corrected chi connectivity index (χ4v) is 3.35. The highest BCUT2D eigenvalue weighted by Crippen LogP contribution is 2.29. The topological polar surface area (TPSA) is 24.9 Å². The molecule has 0 spiro atoms. The second-order valence-electron chi connectivity index (χ2n) is 5.43. The number of nitrogens with one attached hydrogen (secondary N) is 1. The number of rotatable bonds is 6. The Morgan fingerprint density at radius 2 is 2.17 bits per heavy atom. The van der Waals surface area contributed by atoms with E-state index < -0.39 is 0 Å². The van der Waals surface area contributed by atoms with Gasteiger partial charge in [-0.25, -0.2) is 0 Å². The fraction of sp³-hybridized carbons (Fsp3) is 0.667. The van der Waals surface area contributed by atoms with E-state index in [2.05, 4.69) is 39.3 Å². The lowest BCUT2D eigenvalue weighted by Crippen LogP contribution is -2.28. The van der Waals surface area contributed by atoms with Crippen molar-refractivity contribution in [3.8, 4) is 0 Å². The van der Waals surface area contributed by atoms with Crippen LogP contribution in [0.25, 0.3) is 0 Å². The normalized spacial score (nSPS) is 18.1. The third kappa shape index (κ3) is 4.36. The van der Waals surface area contributed by atoms with Crippen molar-refractivity contribution < 1.29 is 0 Å². The Morgan fingerprint density at radius 1 is 1.39 bits per heavy atom. The first-order chi connectivity index (χ1) is 8.78. The van der Waals surface area contributed by atoms with Gasteiger partial charge in [-0.05, 0) is 59.8 Å². The highest BCUT2D eigenvalue weighted by Gasteiger charge is 2.17. The molecule has 100 valence electrons. The molecule has 2 nitrogen and oxygen atoms in total. The van der Waals surface area contributed by atoms with Crippen molar-refractivity contribution in [2.24, 2.45) is 5.92 Å². The standard InChI is InChI=1S/C15H23BrN2/c1-17-15(7-6-12-4-2-3-5-12)9-13-8-14(16)11-18-10-13/h8,10-12,15,17H,2-7,9H2,1H3. The highest BCUT2D eigenvalue weighted by atomic mass is 79.9. The lowest BCUT2D eigenvalue weighted by atomic mass is 9.95. The Morgan fingerprint density at radius 3 is 2.83 bits per heavy atom. The van der Waals surface area contributed by atoms with Gasteiger partial charge in [0.2, 0.25) is 0 Å². The quantitative estimate of drug-likeness (QED) is 0.860. The maximum Gasteiger partial charge on any atom is 0.0410 e. The van der Waals surface area contributed by atoms with Gasteiger partial charge in [-0.15, -0.1) is 0 Å². The van der Waals surface area contributed by atoms with Crippen molar-refractivity contribution in [3.63, 3.8) is 0 Å². The summed E-state index contributed by atoms with van der Waals surface area (Å²) in [6, 6.07) is 2.76. The van der Waals surface area contributed by atoms with Gasteiger partial charge in [0.1, 0.15) is 0 Å².